The fourth-order valence-electron chi connectivity index (χ4n) is 3.33. The first kappa shape index (κ1) is 20.7. The molecule has 1 aromatic rings. The molecule has 1 aliphatic rings. The highest BCUT2D eigenvalue weighted by atomic mass is 35.5. The lowest BCUT2D eigenvalue weighted by Gasteiger charge is -2.33. The highest BCUT2D eigenvalue weighted by Crippen LogP contribution is 2.26. The molecule has 2 rings (SSSR count). The Morgan fingerprint density at radius 1 is 1.31 bits per heavy atom. The van der Waals surface area contributed by atoms with Gasteiger partial charge in [-0.3, -0.25) is 9.59 Å². The number of piperidine rings is 1. The Morgan fingerprint density at radius 2 is 2.04 bits per heavy atom. The number of carbonyl (C=O) groups excluding carboxylic acids is 2. The van der Waals surface area contributed by atoms with Crippen molar-refractivity contribution in [2.24, 2.45) is 11.3 Å². The van der Waals surface area contributed by atoms with Gasteiger partial charge in [-0.25, -0.2) is 0 Å². The normalized spacial score (nSPS) is 17.9. The Kier molecular flexibility index (Phi) is 7.07. The van der Waals surface area contributed by atoms with Crippen LogP contribution in [-0.4, -0.2) is 43.4 Å². The molecule has 1 aliphatic heterocycles. The van der Waals surface area contributed by atoms with Crippen LogP contribution < -0.4 is 10.6 Å². The topological polar surface area (TPSA) is 61.4 Å². The van der Waals surface area contributed by atoms with Crippen molar-refractivity contribution < 1.29 is 9.59 Å². The molecule has 144 valence electrons. The molecule has 1 unspecified atom stereocenters. The van der Waals surface area contributed by atoms with Crippen molar-refractivity contribution in [2.75, 3.05) is 32.0 Å². The van der Waals surface area contributed by atoms with Crippen LogP contribution in [0.25, 0.3) is 0 Å². The monoisotopic (exact) mass is 379 g/mol. The summed E-state index contributed by atoms with van der Waals surface area (Å²) in [7, 11) is 1.93. The van der Waals surface area contributed by atoms with E-state index >= 15 is 0 Å². The van der Waals surface area contributed by atoms with E-state index in [1.54, 1.807) is 18.2 Å². The number of carbonyl (C=O) groups is 2. The Balaban J connectivity index is 2.11. The van der Waals surface area contributed by atoms with Crippen molar-refractivity contribution in [3.63, 3.8) is 0 Å². The molecular formula is C20H30ClN3O2. The zero-order valence-corrected chi connectivity index (χ0v) is 16.9. The second-order valence-corrected chi connectivity index (χ2v) is 8.70. The average molecular weight is 380 g/mol. The van der Waals surface area contributed by atoms with Crippen LogP contribution in [0, 0.1) is 11.3 Å². The van der Waals surface area contributed by atoms with E-state index in [4.69, 9.17) is 11.6 Å². The van der Waals surface area contributed by atoms with Gasteiger partial charge in [0, 0.05) is 25.2 Å². The van der Waals surface area contributed by atoms with Crippen molar-refractivity contribution >= 4 is 29.1 Å². The summed E-state index contributed by atoms with van der Waals surface area (Å²) in [6.07, 6.45) is 2.54. The van der Waals surface area contributed by atoms with Crippen LogP contribution in [-0.2, 0) is 4.79 Å². The first-order valence-corrected chi connectivity index (χ1v) is 9.60. The van der Waals surface area contributed by atoms with Gasteiger partial charge in [-0.15, -0.1) is 0 Å². The first-order valence-electron chi connectivity index (χ1n) is 9.23. The summed E-state index contributed by atoms with van der Waals surface area (Å²) in [4.78, 5) is 27.0. The maximum atomic E-state index is 12.9. The molecule has 0 spiro atoms. The molecule has 1 aromatic carbocycles. The quantitative estimate of drug-likeness (QED) is 0.818. The molecule has 1 atom stereocenters. The van der Waals surface area contributed by atoms with Crippen molar-refractivity contribution in [1.82, 2.24) is 10.2 Å². The molecule has 1 heterocycles. The van der Waals surface area contributed by atoms with Crippen molar-refractivity contribution in [1.29, 1.82) is 0 Å². The average Bonchev–Trinajstić information content (AvgIpc) is 2.55. The summed E-state index contributed by atoms with van der Waals surface area (Å²) in [6, 6.07) is 5.10. The highest BCUT2D eigenvalue weighted by Gasteiger charge is 2.26. The number of hydrogen-bond donors (Lipinski definition) is 2. The summed E-state index contributed by atoms with van der Waals surface area (Å²) >= 11 is 6.28. The number of benzene rings is 1. The lowest BCUT2D eigenvalue weighted by atomic mass is 9.92. The van der Waals surface area contributed by atoms with Crippen molar-refractivity contribution in [2.45, 2.75) is 40.0 Å². The minimum atomic E-state index is -0.0920. The van der Waals surface area contributed by atoms with Crippen LogP contribution in [0.3, 0.4) is 0 Å². The van der Waals surface area contributed by atoms with Gasteiger partial charge in [0.1, 0.15) is 0 Å². The van der Waals surface area contributed by atoms with Gasteiger partial charge >= 0.3 is 0 Å². The van der Waals surface area contributed by atoms with Crippen LogP contribution in [0.5, 0.6) is 0 Å². The molecule has 0 aliphatic carbocycles. The number of anilines is 1. The molecule has 6 heteroatoms. The van der Waals surface area contributed by atoms with Crippen LogP contribution in [0.4, 0.5) is 5.69 Å². The van der Waals surface area contributed by atoms with E-state index in [-0.39, 0.29) is 17.2 Å². The van der Waals surface area contributed by atoms with Gasteiger partial charge in [-0.2, -0.15) is 0 Å². The second kappa shape index (κ2) is 8.87. The van der Waals surface area contributed by atoms with Crippen molar-refractivity contribution in [3.8, 4) is 0 Å². The predicted octanol–water partition coefficient (Wildman–Crippen LogP) is 3.79. The maximum Gasteiger partial charge on any atom is 0.255 e. The van der Waals surface area contributed by atoms with E-state index in [1.165, 1.54) is 0 Å². The number of rotatable bonds is 5. The molecule has 0 aromatic heterocycles. The summed E-state index contributed by atoms with van der Waals surface area (Å²) in [5.74, 6) is 0.333. The second-order valence-electron chi connectivity index (χ2n) is 8.30. The summed E-state index contributed by atoms with van der Waals surface area (Å²) < 4.78 is 0. The third-order valence-corrected chi connectivity index (χ3v) is 4.80. The smallest absolute Gasteiger partial charge is 0.255 e. The third-order valence-electron chi connectivity index (χ3n) is 4.47. The highest BCUT2D eigenvalue weighted by molar-refractivity contribution is 6.34. The minimum Gasteiger partial charge on any atom is -0.338 e. The van der Waals surface area contributed by atoms with Crippen LogP contribution >= 0.6 is 11.6 Å². The van der Waals surface area contributed by atoms with Gasteiger partial charge in [0.2, 0.25) is 5.91 Å². The number of hydrogen-bond acceptors (Lipinski definition) is 3. The van der Waals surface area contributed by atoms with Gasteiger partial charge < -0.3 is 15.5 Å². The molecule has 2 N–H and O–H groups in total. The van der Waals surface area contributed by atoms with E-state index in [1.807, 2.05) is 32.7 Å². The molecule has 0 bridgehead atoms. The Morgan fingerprint density at radius 3 is 2.69 bits per heavy atom. The zero-order chi connectivity index (χ0) is 19.3. The number of halogens is 1. The Bertz CT molecular complexity index is 653. The number of nitrogens with zero attached hydrogens (tertiary/aromatic N) is 1. The van der Waals surface area contributed by atoms with Gasteiger partial charge in [0.05, 0.1) is 10.6 Å². The molecule has 26 heavy (non-hydrogen) atoms. The van der Waals surface area contributed by atoms with Gasteiger partial charge in [0.25, 0.3) is 5.91 Å². The lowest BCUT2D eigenvalue weighted by molar-refractivity contribution is -0.117. The Hall–Kier alpha value is -1.59. The largest absolute Gasteiger partial charge is 0.338 e. The van der Waals surface area contributed by atoms with Crippen LogP contribution in [0.2, 0.25) is 5.02 Å². The van der Waals surface area contributed by atoms with E-state index in [0.717, 1.165) is 32.5 Å². The maximum absolute atomic E-state index is 12.9. The molecule has 5 nitrogen and oxygen atoms in total. The summed E-state index contributed by atoms with van der Waals surface area (Å²) in [5.41, 5.74) is 0.965. The van der Waals surface area contributed by atoms with E-state index < -0.39 is 0 Å². The minimum absolute atomic E-state index is 0.0646. The fourth-order valence-corrected chi connectivity index (χ4v) is 3.53. The number of amides is 2. The SMILES string of the molecule is CNCC1CCCN(C(=O)c2cc(NC(=O)CC(C)(C)C)ccc2Cl)C1. The molecule has 2 amide bonds. The molecule has 0 saturated carbocycles. The Labute approximate surface area is 161 Å². The van der Waals surface area contributed by atoms with Crippen molar-refractivity contribution in [3.05, 3.63) is 28.8 Å². The summed E-state index contributed by atoms with van der Waals surface area (Å²) in [5, 5.41) is 6.48. The van der Waals surface area contributed by atoms with E-state index in [9.17, 15) is 9.59 Å². The number of likely N-dealkylation sites (tertiary alicyclic amines) is 1. The molecule has 1 saturated heterocycles. The lowest BCUT2D eigenvalue weighted by Crippen LogP contribution is -2.42. The summed E-state index contributed by atoms with van der Waals surface area (Å²) in [6.45, 7) is 8.43. The standard InChI is InChI=1S/C20H30ClN3O2/c1-20(2,3)11-18(25)23-15-7-8-17(21)16(10-15)19(26)24-9-5-6-14(13-24)12-22-4/h7-8,10,14,22H,5-6,9,11-13H2,1-4H3,(H,23,25). The zero-order valence-electron chi connectivity index (χ0n) is 16.2. The fraction of sp³-hybridized carbons (Fsp3) is 0.600. The predicted molar refractivity (Wildman–Crippen MR) is 107 cm³/mol. The van der Waals surface area contributed by atoms with E-state index in [2.05, 4.69) is 10.6 Å². The first-order chi connectivity index (χ1) is 12.2. The van der Waals surface area contributed by atoms with Gasteiger partial charge in [-0.05, 0) is 56.0 Å². The van der Waals surface area contributed by atoms with Gasteiger partial charge in [0.15, 0.2) is 0 Å². The van der Waals surface area contributed by atoms with Crippen LogP contribution in [0.15, 0.2) is 18.2 Å². The third kappa shape index (κ3) is 5.99. The molecule has 1 fully saturated rings. The van der Waals surface area contributed by atoms with Gasteiger partial charge in [-0.1, -0.05) is 32.4 Å². The molecular weight excluding hydrogens is 350 g/mol. The van der Waals surface area contributed by atoms with E-state index in [0.29, 0.717) is 28.6 Å². The van der Waals surface area contributed by atoms with Crippen LogP contribution in [0.1, 0.15) is 50.4 Å². The molecule has 0 radical (unpaired) electrons. The number of nitrogens with one attached hydrogen (secondary N) is 2.